The minimum Gasteiger partial charge on any atom is -0.322 e. The lowest BCUT2D eigenvalue weighted by Gasteiger charge is -2.12. The molecule has 3 aromatic rings. The number of amides is 1. The third kappa shape index (κ3) is 5.09. The zero-order valence-electron chi connectivity index (χ0n) is 15.7. The molecular formula is C21H18Cl2N2O3S. The lowest BCUT2D eigenvalue weighted by Crippen LogP contribution is -2.15. The highest BCUT2D eigenvalue weighted by molar-refractivity contribution is 7.92. The summed E-state index contributed by atoms with van der Waals surface area (Å²) in [6.45, 7) is 3.60. The second-order valence-electron chi connectivity index (χ2n) is 6.51. The smallest absolute Gasteiger partial charge is 0.261 e. The first kappa shape index (κ1) is 21.2. The average Bonchev–Trinajstić information content (AvgIpc) is 2.66. The van der Waals surface area contributed by atoms with Crippen LogP contribution in [0.2, 0.25) is 10.0 Å². The molecule has 0 heterocycles. The number of carbonyl (C=O) groups is 1. The molecule has 0 aliphatic heterocycles. The summed E-state index contributed by atoms with van der Waals surface area (Å²) in [5.74, 6) is -0.319. The van der Waals surface area contributed by atoms with E-state index in [1.807, 2.05) is 13.0 Å². The van der Waals surface area contributed by atoms with Crippen molar-refractivity contribution in [1.82, 2.24) is 0 Å². The molecule has 0 fully saturated rings. The Morgan fingerprint density at radius 2 is 1.55 bits per heavy atom. The Kier molecular flexibility index (Phi) is 6.17. The second-order valence-corrected chi connectivity index (χ2v) is 9.03. The highest BCUT2D eigenvalue weighted by Crippen LogP contribution is 2.24. The quantitative estimate of drug-likeness (QED) is 0.528. The highest BCUT2D eigenvalue weighted by atomic mass is 35.5. The van der Waals surface area contributed by atoms with E-state index in [1.54, 1.807) is 37.3 Å². The molecule has 0 spiro atoms. The summed E-state index contributed by atoms with van der Waals surface area (Å²) in [6, 6.07) is 15.8. The molecule has 1 amide bonds. The molecule has 150 valence electrons. The number of aryl methyl sites for hydroxylation is 2. The second kappa shape index (κ2) is 8.45. The number of hydrogen-bond acceptors (Lipinski definition) is 3. The van der Waals surface area contributed by atoms with Crippen LogP contribution >= 0.6 is 23.2 Å². The Labute approximate surface area is 179 Å². The Morgan fingerprint density at radius 1 is 0.862 bits per heavy atom. The number of sulfonamides is 1. The molecule has 3 aromatic carbocycles. The van der Waals surface area contributed by atoms with Gasteiger partial charge in [-0.3, -0.25) is 9.52 Å². The fourth-order valence-electron chi connectivity index (χ4n) is 2.61. The molecule has 0 aliphatic carbocycles. The van der Waals surface area contributed by atoms with Gasteiger partial charge in [0.2, 0.25) is 0 Å². The number of hydrogen-bond donors (Lipinski definition) is 2. The van der Waals surface area contributed by atoms with Gasteiger partial charge in [0.05, 0.1) is 10.6 Å². The van der Waals surface area contributed by atoms with Gasteiger partial charge in [0.25, 0.3) is 15.9 Å². The predicted octanol–water partition coefficient (Wildman–Crippen LogP) is 5.66. The van der Waals surface area contributed by atoms with Gasteiger partial charge in [0, 0.05) is 21.3 Å². The predicted molar refractivity (Wildman–Crippen MR) is 118 cm³/mol. The topological polar surface area (TPSA) is 75.3 Å². The SMILES string of the molecule is Cc1ccc(NC(=O)c2ccc(NS(=O)(=O)c3ccc(Cl)cc3)c(C)c2)cc1Cl. The van der Waals surface area contributed by atoms with Crippen LogP contribution in [0.15, 0.2) is 65.6 Å². The van der Waals surface area contributed by atoms with Crippen molar-refractivity contribution in [3.05, 3.63) is 87.4 Å². The van der Waals surface area contributed by atoms with Gasteiger partial charge in [-0.05, 0) is 79.6 Å². The lowest BCUT2D eigenvalue weighted by atomic mass is 10.1. The average molecular weight is 449 g/mol. The van der Waals surface area contributed by atoms with E-state index in [0.29, 0.717) is 32.5 Å². The molecule has 0 saturated heterocycles. The molecule has 0 aliphatic rings. The number of halogens is 2. The minimum atomic E-state index is -3.77. The van der Waals surface area contributed by atoms with Gasteiger partial charge in [0.1, 0.15) is 0 Å². The molecule has 2 N–H and O–H groups in total. The van der Waals surface area contributed by atoms with Crippen LogP contribution in [0.25, 0.3) is 0 Å². The first-order valence-corrected chi connectivity index (χ1v) is 10.9. The number of anilines is 2. The van der Waals surface area contributed by atoms with Gasteiger partial charge in [-0.1, -0.05) is 29.3 Å². The maximum Gasteiger partial charge on any atom is 0.261 e. The van der Waals surface area contributed by atoms with E-state index in [1.165, 1.54) is 24.3 Å². The molecule has 0 atom stereocenters. The zero-order chi connectivity index (χ0) is 21.2. The van der Waals surface area contributed by atoms with Crippen molar-refractivity contribution in [2.75, 3.05) is 10.0 Å². The van der Waals surface area contributed by atoms with Crippen molar-refractivity contribution in [2.24, 2.45) is 0 Å². The van der Waals surface area contributed by atoms with E-state index in [-0.39, 0.29) is 10.8 Å². The first-order chi connectivity index (χ1) is 13.7. The van der Waals surface area contributed by atoms with Gasteiger partial charge in [-0.2, -0.15) is 0 Å². The van der Waals surface area contributed by atoms with Gasteiger partial charge in [0.15, 0.2) is 0 Å². The van der Waals surface area contributed by atoms with Crippen molar-refractivity contribution >= 4 is 50.5 Å². The minimum absolute atomic E-state index is 0.0966. The molecule has 29 heavy (non-hydrogen) atoms. The monoisotopic (exact) mass is 448 g/mol. The Hall–Kier alpha value is -2.54. The van der Waals surface area contributed by atoms with Crippen molar-refractivity contribution < 1.29 is 13.2 Å². The van der Waals surface area contributed by atoms with Crippen molar-refractivity contribution in [2.45, 2.75) is 18.7 Å². The van der Waals surface area contributed by atoms with Crippen LogP contribution in [0, 0.1) is 13.8 Å². The van der Waals surface area contributed by atoms with Gasteiger partial charge in [-0.25, -0.2) is 8.42 Å². The number of carbonyl (C=O) groups excluding carboxylic acids is 1. The zero-order valence-corrected chi connectivity index (χ0v) is 18.0. The van der Waals surface area contributed by atoms with E-state index in [2.05, 4.69) is 10.0 Å². The fourth-order valence-corrected chi connectivity index (χ4v) is 4.05. The molecule has 0 bridgehead atoms. The molecule has 0 aromatic heterocycles. The summed E-state index contributed by atoms with van der Waals surface area (Å²) in [7, 11) is -3.77. The summed E-state index contributed by atoms with van der Waals surface area (Å²) in [4.78, 5) is 12.6. The standard InChI is InChI=1S/C21H18Cl2N2O3S/c1-13-3-7-17(12-19(13)23)24-21(26)15-4-10-20(14(2)11-15)25-29(27,28)18-8-5-16(22)6-9-18/h3-12,25H,1-2H3,(H,24,26). The molecule has 8 heteroatoms. The van der Waals surface area contributed by atoms with Crippen LogP contribution in [0.1, 0.15) is 21.5 Å². The molecule has 0 saturated carbocycles. The summed E-state index contributed by atoms with van der Waals surface area (Å²) in [6.07, 6.45) is 0. The van der Waals surface area contributed by atoms with E-state index >= 15 is 0 Å². The third-order valence-corrected chi connectivity index (χ3v) is 6.33. The largest absolute Gasteiger partial charge is 0.322 e. The van der Waals surface area contributed by atoms with Crippen LogP contribution in [0.5, 0.6) is 0 Å². The lowest BCUT2D eigenvalue weighted by molar-refractivity contribution is 0.102. The van der Waals surface area contributed by atoms with Crippen molar-refractivity contribution in [1.29, 1.82) is 0 Å². The molecule has 3 rings (SSSR count). The third-order valence-electron chi connectivity index (χ3n) is 4.29. The maximum absolute atomic E-state index is 12.5. The molecular weight excluding hydrogens is 431 g/mol. The Bertz CT molecular complexity index is 1180. The molecule has 0 radical (unpaired) electrons. The van der Waals surface area contributed by atoms with Crippen molar-refractivity contribution in [3.63, 3.8) is 0 Å². The normalized spacial score (nSPS) is 11.2. The summed E-state index contributed by atoms with van der Waals surface area (Å²) in [5, 5.41) is 3.79. The fraction of sp³-hybridized carbons (Fsp3) is 0.0952. The number of nitrogens with one attached hydrogen (secondary N) is 2. The Balaban J connectivity index is 1.78. The summed E-state index contributed by atoms with van der Waals surface area (Å²) in [5.41, 5.74) is 2.88. The van der Waals surface area contributed by atoms with E-state index < -0.39 is 10.0 Å². The van der Waals surface area contributed by atoms with Crippen LogP contribution in [0.4, 0.5) is 11.4 Å². The Morgan fingerprint density at radius 3 is 2.17 bits per heavy atom. The van der Waals surface area contributed by atoms with Crippen molar-refractivity contribution in [3.8, 4) is 0 Å². The van der Waals surface area contributed by atoms with Crippen LogP contribution < -0.4 is 10.0 Å². The number of rotatable bonds is 5. The molecule has 5 nitrogen and oxygen atoms in total. The van der Waals surface area contributed by atoms with Crippen LogP contribution in [-0.4, -0.2) is 14.3 Å². The summed E-state index contributed by atoms with van der Waals surface area (Å²) >= 11 is 11.9. The van der Waals surface area contributed by atoms with Gasteiger partial charge in [-0.15, -0.1) is 0 Å². The van der Waals surface area contributed by atoms with Crippen LogP contribution in [0.3, 0.4) is 0 Å². The van der Waals surface area contributed by atoms with E-state index in [9.17, 15) is 13.2 Å². The van der Waals surface area contributed by atoms with Gasteiger partial charge < -0.3 is 5.32 Å². The first-order valence-electron chi connectivity index (χ1n) is 8.62. The molecule has 0 unspecified atom stereocenters. The van der Waals surface area contributed by atoms with Crippen LogP contribution in [-0.2, 0) is 10.0 Å². The van der Waals surface area contributed by atoms with E-state index in [4.69, 9.17) is 23.2 Å². The van der Waals surface area contributed by atoms with E-state index in [0.717, 1.165) is 5.56 Å². The highest BCUT2D eigenvalue weighted by Gasteiger charge is 2.16. The maximum atomic E-state index is 12.5. The number of benzene rings is 3. The van der Waals surface area contributed by atoms with Gasteiger partial charge >= 0.3 is 0 Å². The summed E-state index contributed by atoms with van der Waals surface area (Å²) < 4.78 is 27.6.